The van der Waals surface area contributed by atoms with Crippen LogP contribution in [0.2, 0.25) is 0 Å². The minimum absolute atomic E-state index is 0.237. The number of para-hydroxylation sites is 1. The number of fused-ring (bicyclic) bond motifs is 1. The van der Waals surface area contributed by atoms with Gasteiger partial charge in [-0.05, 0) is 19.1 Å². The van der Waals surface area contributed by atoms with Gasteiger partial charge < -0.3 is 4.90 Å². The molecule has 2 aromatic heterocycles. The third kappa shape index (κ3) is 3.47. The first-order valence-corrected chi connectivity index (χ1v) is 8.64. The van der Waals surface area contributed by atoms with Gasteiger partial charge in [-0.2, -0.15) is 0 Å². The number of hydrogen-bond acceptors (Lipinski definition) is 6. The zero-order chi connectivity index (χ0) is 18.8. The summed E-state index contributed by atoms with van der Waals surface area (Å²) >= 11 is 1.50. The van der Waals surface area contributed by atoms with Crippen molar-refractivity contribution < 1.29 is 9.72 Å². The van der Waals surface area contributed by atoms with E-state index < -0.39 is 10.5 Å². The summed E-state index contributed by atoms with van der Waals surface area (Å²) in [5.74, 6) is -0.334. The van der Waals surface area contributed by atoms with E-state index in [1.165, 1.54) is 16.2 Å². The fourth-order valence-electron chi connectivity index (χ4n) is 2.46. The van der Waals surface area contributed by atoms with Crippen molar-refractivity contribution >= 4 is 33.1 Å². The van der Waals surface area contributed by atoms with Crippen molar-refractivity contribution in [3.8, 4) is 0 Å². The third-order valence-electron chi connectivity index (χ3n) is 4.13. The second-order valence-corrected chi connectivity index (χ2v) is 6.87. The van der Waals surface area contributed by atoms with Crippen LogP contribution in [0.1, 0.15) is 18.0 Å². The van der Waals surface area contributed by atoms with E-state index >= 15 is 0 Å². The molecule has 1 atom stereocenters. The smallest absolute Gasteiger partial charge is 0.285 e. The summed E-state index contributed by atoms with van der Waals surface area (Å²) in [4.78, 5) is 40.7. The van der Waals surface area contributed by atoms with Crippen LogP contribution in [-0.4, -0.2) is 32.3 Å². The summed E-state index contributed by atoms with van der Waals surface area (Å²) in [5, 5.41) is 11.6. The van der Waals surface area contributed by atoms with Crippen LogP contribution in [0, 0.1) is 10.1 Å². The Morgan fingerprint density at radius 1 is 1.35 bits per heavy atom. The molecule has 0 aliphatic heterocycles. The van der Waals surface area contributed by atoms with Gasteiger partial charge in [-0.3, -0.25) is 24.3 Å². The molecule has 0 aliphatic carbocycles. The van der Waals surface area contributed by atoms with Gasteiger partial charge in [0.25, 0.3) is 11.2 Å². The SMILES string of the molecule is C[C@@H](c1nc2ccccc2s1)N(C)C(=O)Cn1cc([N+](=O)[O-])ccc1=O. The Hall–Kier alpha value is -3.07. The van der Waals surface area contributed by atoms with E-state index in [9.17, 15) is 19.7 Å². The Bertz CT molecular complexity index is 1010. The van der Waals surface area contributed by atoms with Gasteiger partial charge in [0, 0.05) is 19.2 Å². The molecule has 134 valence electrons. The Kier molecular flexibility index (Phi) is 4.81. The lowest BCUT2D eigenvalue weighted by Crippen LogP contribution is -2.35. The van der Waals surface area contributed by atoms with Crippen molar-refractivity contribution in [2.75, 3.05) is 7.05 Å². The van der Waals surface area contributed by atoms with Crippen LogP contribution < -0.4 is 5.56 Å². The van der Waals surface area contributed by atoms with Crippen molar-refractivity contribution in [2.45, 2.75) is 19.5 Å². The van der Waals surface area contributed by atoms with Crippen molar-refractivity contribution in [2.24, 2.45) is 0 Å². The normalized spacial score (nSPS) is 12.1. The van der Waals surface area contributed by atoms with Crippen LogP contribution in [0.5, 0.6) is 0 Å². The zero-order valence-electron chi connectivity index (χ0n) is 14.2. The third-order valence-corrected chi connectivity index (χ3v) is 5.33. The molecule has 0 unspecified atom stereocenters. The molecule has 0 spiro atoms. The highest BCUT2D eigenvalue weighted by molar-refractivity contribution is 7.18. The summed E-state index contributed by atoms with van der Waals surface area (Å²) in [6, 6.07) is 9.63. The number of thiazole rings is 1. The first-order valence-electron chi connectivity index (χ1n) is 7.83. The number of amides is 1. The predicted octanol–water partition coefficient (Wildman–Crippen LogP) is 2.59. The molecule has 0 saturated heterocycles. The largest absolute Gasteiger partial charge is 0.335 e. The number of carbonyl (C=O) groups excluding carboxylic acids is 1. The maximum absolute atomic E-state index is 12.5. The van der Waals surface area contributed by atoms with Gasteiger partial charge in [0.2, 0.25) is 5.91 Å². The number of pyridine rings is 1. The molecule has 0 N–H and O–H groups in total. The van der Waals surface area contributed by atoms with Crippen LogP contribution in [-0.2, 0) is 11.3 Å². The average Bonchev–Trinajstić information content (AvgIpc) is 3.06. The summed E-state index contributed by atoms with van der Waals surface area (Å²) < 4.78 is 2.08. The number of benzene rings is 1. The number of rotatable bonds is 5. The Morgan fingerprint density at radius 2 is 2.08 bits per heavy atom. The van der Waals surface area contributed by atoms with E-state index in [1.54, 1.807) is 7.05 Å². The van der Waals surface area contributed by atoms with E-state index in [-0.39, 0.29) is 24.2 Å². The molecule has 3 rings (SSSR count). The van der Waals surface area contributed by atoms with E-state index in [0.717, 1.165) is 38.1 Å². The van der Waals surface area contributed by atoms with E-state index in [4.69, 9.17) is 0 Å². The first kappa shape index (κ1) is 17.7. The van der Waals surface area contributed by atoms with Gasteiger partial charge in [-0.15, -0.1) is 11.3 Å². The maximum Gasteiger partial charge on any atom is 0.285 e. The van der Waals surface area contributed by atoms with Gasteiger partial charge >= 0.3 is 0 Å². The second-order valence-electron chi connectivity index (χ2n) is 5.81. The maximum atomic E-state index is 12.5. The van der Waals surface area contributed by atoms with Crippen LogP contribution in [0.3, 0.4) is 0 Å². The Balaban J connectivity index is 1.80. The number of nitrogens with zero attached hydrogens (tertiary/aromatic N) is 4. The van der Waals surface area contributed by atoms with Gasteiger partial charge in [0.05, 0.1) is 27.4 Å². The molecule has 0 bridgehead atoms. The molecule has 0 fully saturated rings. The first-order chi connectivity index (χ1) is 12.4. The molecule has 0 saturated carbocycles. The van der Waals surface area contributed by atoms with Gasteiger partial charge in [-0.25, -0.2) is 4.98 Å². The number of hydrogen-bond donors (Lipinski definition) is 0. The molecule has 9 heteroatoms. The van der Waals surface area contributed by atoms with Crippen LogP contribution in [0.4, 0.5) is 5.69 Å². The number of aromatic nitrogens is 2. The summed E-state index contributed by atoms with van der Waals surface area (Å²) in [6.45, 7) is 1.58. The molecule has 26 heavy (non-hydrogen) atoms. The van der Waals surface area contributed by atoms with Gasteiger partial charge in [-0.1, -0.05) is 12.1 Å². The minimum Gasteiger partial charge on any atom is -0.335 e. The van der Waals surface area contributed by atoms with Crippen molar-refractivity contribution in [1.82, 2.24) is 14.5 Å². The quantitative estimate of drug-likeness (QED) is 0.506. The fourth-order valence-corrected chi connectivity index (χ4v) is 3.52. The van der Waals surface area contributed by atoms with Crippen molar-refractivity contribution in [3.63, 3.8) is 0 Å². The van der Waals surface area contributed by atoms with Crippen LogP contribution in [0.25, 0.3) is 10.2 Å². The molecular formula is C17H16N4O4S. The highest BCUT2D eigenvalue weighted by Gasteiger charge is 2.21. The van der Waals surface area contributed by atoms with Crippen molar-refractivity contribution in [3.05, 3.63) is 68.1 Å². The fraction of sp³-hybridized carbons (Fsp3) is 0.235. The van der Waals surface area contributed by atoms with Crippen molar-refractivity contribution in [1.29, 1.82) is 0 Å². The highest BCUT2D eigenvalue weighted by Crippen LogP contribution is 2.28. The predicted molar refractivity (Wildman–Crippen MR) is 98.2 cm³/mol. The average molecular weight is 372 g/mol. The van der Waals surface area contributed by atoms with E-state index in [2.05, 4.69) is 4.98 Å². The lowest BCUT2D eigenvalue weighted by molar-refractivity contribution is -0.385. The molecule has 1 amide bonds. The molecule has 2 heterocycles. The standard InChI is InChI=1S/C17H16N4O4S/c1-11(17-18-13-5-3-4-6-14(13)26-17)19(2)16(23)10-20-9-12(21(24)25)7-8-15(20)22/h3-9,11H,10H2,1-2H3/t11-/m0/s1. The summed E-state index contributed by atoms with van der Waals surface area (Å²) in [6.07, 6.45) is 1.08. The molecule has 1 aromatic carbocycles. The summed E-state index contributed by atoms with van der Waals surface area (Å²) in [5.41, 5.74) is 0.166. The highest BCUT2D eigenvalue weighted by atomic mass is 32.1. The minimum atomic E-state index is -0.603. The Morgan fingerprint density at radius 3 is 2.77 bits per heavy atom. The topological polar surface area (TPSA) is 98.3 Å². The molecule has 0 aliphatic rings. The second kappa shape index (κ2) is 7.04. The number of likely N-dealkylation sites (N-methyl/N-ethyl adjacent to an activating group) is 1. The number of nitro groups is 1. The van der Waals surface area contributed by atoms with Crippen LogP contribution >= 0.6 is 11.3 Å². The van der Waals surface area contributed by atoms with Gasteiger partial charge in [0.15, 0.2) is 0 Å². The molecule has 0 radical (unpaired) electrons. The van der Waals surface area contributed by atoms with Gasteiger partial charge in [0.1, 0.15) is 11.6 Å². The molecular weight excluding hydrogens is 356 g/mol. The molecule has 3 aromatic rings. The zero-order valence-corrected chi connectivity index (χ0v) is 15.0. The van der Waals surface area contributed by atoms with E-state index in [1.807, 2.05) is 31.2 Å². The summed E-state index contributed by atoms with van der Waals surface area (Å²) in [7, 11) is 1.63. The van der Waals surface area contributed by atoms with E-state index in [0.29, 0.717) is 0 Å². The number of carbonyl (C=O) groups is 1. The lowest BCUT2D eigenvalue weighted by atomic mass is 10.3. The Labute approximate surface area is 152 Å². The lowest BCUT2D eigenvalue weighted by Gasteiger charge is -2.23. The monoisotopic (exact) mass is 372 g/mol. The molecule has 8 nitrogen and oxygen atoms in total. The van der Waals surface area contributed by atoms with Crippen LogP contribution in [0.15, 0.2) is 47.4 Å².